The second-order valence-corrected chi connectivity index (χ2v) is 11.1. The number of hydrogen-bond acceptors (Lipinski definition) is 6. The molecule has 0 aromatic carbocycles. The van der Waals surface area contributed by atoms with Gasteiger partial charge in [0, 0.05) is 37.5 Å². The first-order valence-corrected chi connectivity index (χ1v) is 13.5. The van der Waals surface area contributed by atoms with Crippen LogP contribution in [0.4, 0.5) is 0 Å². The lowest BCUT2D eigenvalue weighted by molar-refractivity contribution is -0.127. The van der Waals surface area contributed by atoms with Gasteiger partial charge in [-0.1, -0.05) is 46.5 Å². The molecule has 32 heavy (non-hydrogen) atoms. The van der Waals surface area contributed by atoms with E-state index in [2.05, 4.69) is 30.7 Å². The summed E-state index contributed by atoms with van der Waals surface area (Å²) in [5, 5.41) is 12.0. The Morgan fingerprint density at radius 1 is 1.16 bits per heavy atom. The maximum atomic E-state index is 13.0. The van der Waals surface area contributed by atoms with Crippen LogP contribution in [-0.2, 0) is 4.74 Å². The molecule has 0 bridgehead atoms. The summed E-state index contributed by atoms with van der Waals surface area (Å²) < 4.78 is 6.26. The number of morpholine rings is 1. The van der Waals surface area contributed by atoms with Gasteiger partial charge in [-0.05, 0) is 38.1 Å². The fourth-order valence-corrected chi connectivity index (χ4v) is 5.58. The van der Waals surface area contributed by atoms with Crippen LogP contribution in [0.15, 0.2) is 5.38 Å². The Hall–Kier alpha value is -1.02. The highest BCUT2D eigenvalue weighted by atomic mass is 32.1. The van der Waals surface area contributed by atoms with Gasteiger partial charge in [-0.25, -0.2) is 4.98 Å². The first-order valence-electron chi connectivity index (χ1n) is 12.6. The van der Waals surface area contributed by atoms with Crippen LogP contribution in [0.3, 0.4) is 0 Å². The molecule has 3 rings (SSSR count). The van der Waals surface area contributed by atoms with Crippen LogP contribution in [0.1, 0.15) is 93.6 Å². The van der Waals surface area contributed by atoms with Crippen LogP contribution in [-0.4, -0.2) is 77.3 Å². The van der Waals surface area contributed by atoms with Crippen LogP contribution in [0.2, 0.25) is 0 Å². The van der Waals surface area contributed by atoms with Crippen molar-refractivity contribution in [3.05, 3.63) is 16.1 Å². The predicted octanol–water partition coefficient (Wildman–Crippen LogP) is 4.54. The van der Waals surface area contributed by atoms with E-state index in [4.69, 9.17) is 9.84 Å². The Labute approximate surface area is 198 Å². The van der Waals surface area contributed by atoms with Crippen molar-refractivity contribution in [2.75, 3.05) is 45.9 Å². The van der Waals surface area contributed by atoms with Gasteiger partial charge < -0.3 is 19.6 Å². The molecule has 2 fully saturated rings. The van der Waals surface area contributed by atoms with Crippen molar-refractivity contribution in [2.45, 2.75) is 83.7 Å². The number of unbranched alkanes of at least 4 members (excludes halogenated alkanes) is 4. The van der Waals surface area contributed by atoms with Crippen LogP contribution in [0.25, 0.3) is 0 Å². The summed E-state index contributed by atoms with van der Waals surface area (Å²) in [5.74, 6) is 0.867. The minimum absolute atomic E-state index is 0.0617. The summed E-state index contributed by atoms with van der Waals surface area (Å²) in [6.07, 6.45) is 9.52. The zero-order chi connectivity index (χ0) is 23.0. The maximum absolute atomic E-state index is 13.0. The van der Waals surface area contributed by atoms with E-state index in [1.807, 2.05) is 10.3 Å². The molecule has 1 amide bonds. The molecule has 1 unspecified atom stereocenters. The number of carbonyl (C=O) groups excluding carboxylic acids is 1. The molecular weight excluding hydrogens is 422 g/mol. The summed E-state index contributed by atoms with van der Waals surface area (Å²) in [6, 6.07) is 0. The van der Waals surface area contributed by atoms with Gasteiger partial charge in [0.1, 0.15) is 5.69 Å². The molecule has 1 atom stereocenters. The average Bonchev–Trinajstić information content (AvgIpc) is 3.30. The topological polar surface area (TPSA) is 65.9 Å². The van der Waals surface area contributed by atoms with Crippen molar-refractivity contribution in [1.29, 1.82) is 0 Å². The number of rotatable bonds is 11. The first-order chi connectivity index (χ1) is 15.4. The number of amides is 1. The second-order valence-electron chi connectivity index (χ2n) is 10.2. The molecule has 6 nitrogen and oxygen atoms in total. The van der Waals surface area contributed by atoms with Gasteiger partial charge in [0.25, 0.3) is 5.91 Å². The molecule has 2 aliphatic heterocycles. The van der Waals surface area contributed by atoms with Gasteiger partial charge >= 0.3 is 0 Å². The molecule has 3 heterocycles. The number of likely N-dealkylation sites (tertiary alicyclic amines) is 1. The Bertz CT molecular complexity index is 700. The number of piperidine rings is 1. The lowest BCUT2D eigenvalue weighted by atomic mass is 9.89. The van der Waals surface area contributed by atoms with Crippen molar-refractivity contribution in [3.8, 4) is 0 Å². The van der Waals surface area contributed by atoms with Gasteiger partial charge in [0.05, 0.1) is 23.8 Å². The van der Waals surface area contributed by atoms with Crippen molar-refractivity contribution >= 4 is 17.2 Å². The molecule has 0 aliphatic carbocycles. The summed E-state index contributed by atoms with van der Waals surface area (Å²) in [6.45, 7) is 11.9. The lowest BCUT2D eigenvalue weighted by Crippen LogP contribution is -2.58. The lowest BCUT2D eigenvalue weighted by Gasteiger charge is -2.47. The number of carbonyl (C=O) groups is 1. The number of aliphatic hydroxyl groups excluding tert-OH is 1. The monoisotopic (exact) mass is 465 g/mol. The summed E-state index contributed by atoms with van der Waals surface area (Å²) in [5.41, 5.74) is 0.420. The Kier molecular flexibility index (Phi) is 9.96. The van der Waals surface area contributed by atoms with E-state index >= 15 is 0 Å². The molecule has 2 aliphatic rings. The zero-order valence-electron chi connectivity index (χ0n) is 20.4. The molecule has 1 N–H and O–H groups in total. The van der Waals surface area contributed by atoms with Crippen molar-refractivity contribution < 1.29 is 14.6 Å². The fourth-order valence-electron chi connectivity index (χ4n) is 4.77. The van der Waals surface area contributed by atoms with E-state index in [1.165, 1.54) is 38.6 Å². The third kappa shape index (κ3) is 7.24. The van der Waals surface area contributed by atoms with E-state index in [1.54, 1.807) is 11.3 Å². The minimum Gasteiger partial charge on any atom is -0.396 e. The SMILES string of the molecule is CC(CO)CCCCCCCN1CCC2(CC1)CN(C(=O)c1csc(C(C)C)n1)CCO2. The van der Waals surface area contributed by atoms with Gasteiger partial charge in [-0.15, -0.1) is 11.3 Å². The van der Waals surface area contributed by atoms with Crippen molar-refractivity contribution in [2.24, 2.45) is 5.92 Å². The molecule has 182 valence electrons. The molecule has 1 aromatic heterocycles. The van der Waals surface area contributed by atoms with Gasteiger partial charge in [-0.2, -0.15) is 0 Å². The Morgan fingerprint density at radius 3 is 2.56 bits per heavy atom. The number of nitrogens with zero attached hydrogens (tertiary/aromatic N) is 3. The van der Waals surface area contributed by atoms with Crippen LogP contribution >= 0.6 is 11.3 Å². The molecule has 2 saturated heterocycles. The van der Waals surface area contributed by atoms with Crippen molar-refractivity contribution in [3.63, 3.8) is 0 Å². The van der Waals surface area contributed by atoms with E-state index < -0.39 is 0 Å². The number of thiazole rings is 1. The maximum Gasteiger partial charge on any atom is 0.273 e. The van der Waals surface area contributed by atoms with E-state index in [0.717, 1.165) is 37.4 Å². The fraction of sp³-hybridized carbons (Fsp3) is 0.840. The quantitative estimate of drug-likeness (QED) is 0.486. The molecule has 7 heteroatoms. The number of aromatic nitrogens is 1. The molecular formula is C25H43N3O3S. The summed E-state index contributed by atoms with van der Waals surface area (Å²) in [4.78, 5) is 22.1. The summed E-state index contributed by atoms with van der Waals surface area (Å²) in [7, 11) is 0. The van der Waals surface area contributed by atoms with Crippen LogP contribution < -0.4 is 0 Å². The highest BCUT2D eigenvalue weighted by Crippen LogP contribution is 2.31. The van der Waals surface area contributed by atoms with Crippen LogP contribution in [0.5, 0.6) is 0 Å². The molecule has 0 saturated carbocycles. The highest BCUT2D eigenvalue weighted by molar-refractivity contribution is 7.09. The van der Waals surface area contributed by atoms with E-state index in [0.29, 0.717) is 43.8 Å². The van der Waals surface area contributed by atoms with Gasteiger partial charge in [0.2, 0.25) is 0 Å². The smallest absolute Gasteiger partial charge is 0.273 e. The van der Waals surface area contributed by atoms with Crippen LogP contribution in [0, 0.1) is 5.92 Å². The van der Waals surface area contributed by atoms with E-state index in [9.17, 15) is 4.79 Å². The Balaban J connectivity index is 1.36. The minimum atomic E-state index is -0.176. The Morgan fingerprint density at radius 2 is 1.88 bits per heavy atom. The normalized spacial score (nSPS) is 20.2. The van der Waals surface area contributed by atoms with Crippen molar-refractivity contribution in [1.82, 2.24) is 14.8 Å². The largest absolute Gasteiger partial charge is 0.396 e. The average molecular weight is 466 g/mol. The number of hydrogen-bond donors (Lipinski definition) is 1. The standard InChI is InChI=1S/C25H43N3O3S/c1-20(2)23-26-22(18-32-23)24(30)28-15-16-31-25(19-28)10-13-27(14-11-25)12-8-6-4-5-7-9-21(3)17-29/h18,20-21,29H,4-17,19H2,1-3H3. The molecule has 1 aromatic rings. The van der Waals surface area contributed by atoms with E-state index in [-0.39, 0.29) is 11.5 Å². The second kappa shape index (κ2) is 12.4. The van der Waals surface area contributed by atoms with Gasteiger partial charge in [0.15, 0.2) is 0 Å². The van der Waals surface area contributed by atoms with Gasteiger partial charge in [-0.3, -0.25) is 4.79 Å². The third-order valence-electron chi connectivity index (χ3n) is 7.02. The third-order valence-corrected chi connectivity index (χ3v) is 8.17. The highest BCUT2D eigenvalue weighted by Gasteiger charge is 2.41. The molecule has 1 spiro atoms. The number of aliphatic hydroxyl groups is 1. The molecule has 0 radical (unpaired) electrons. The predicted molar refractivity (Wildman–Crippen MR) is 130 cm³/mol. The summed E-state index contributed by atoms with van der Waals surface area (Å²) >= 11 is 1.59. The zero-order valence-corrected chi connectivity index (χ0v) is 21.2. The number of ether oxygens (including phenoxy) is 1. The first kappa shape index (κ1) is 25.6.